The van der Waals surface area contributed by atoms with Crippen molar-refractivity contribution in [3.8, 4) is 11.5 Å². The lowest BCUT2D eigenvalue weighted by atomic mass is 10.00. The minimum atomic E-state index is -3.52. The number of nitrogens with zero attached hydrogens (tertiary/aromatic N) is 2. The maximum Gasteiger partial charge on any atom is 0.238 e. The molecule has 144 valence electrons. The summed E-state index contributed by atoms with van der Waals surface area (Å²) in [5.74, 6) is 1.13. The second-order valence-electron chi connectivity index (χ2n) is 6.86. The Balaban J connectivity index is 1.73. The van der Waals surface area contributed by atoms with Crippen LogP contribution in [-0.2, 0) is 21.4 Å². The molecule has 0 aromatic heterocycles. The van der Waals surface area contributed by atoms with E-state index in [1.54, 1.807) is 18.2 Å². The number of carbonyl (C=O) groups excluding carboxylic acids is 1. The Morgan fingerprint density at radius 3 is 2.77 bits per heavy atom. The first-order chi connectivity index (χ1) is 12.4. The van der Waals surface area contributed by atoms with Crippen molar-refractivity contribution in [2.45, 2.75) is 45.2 Å². The highest BCUT2D eigenvalue weighted by molar-refractivity contribution is 7.88. The highest BCUT2D eigenvalue weighted by atomic mass is 32.2. The van der Waals surface area contributed by atoms with E-state index in [0.717, 1.165) is 37.5 Å². The second-order valence-corrected chi connectivity index (χ2v) is 8.85. The van der Waals surface area contributed by atoms with Crippen molar-refractivity contribution in [2.24, 2.45) is 0 Å². The molecule has 2 heterocycles. The van der Waals surface area contributed by atoms with Crippen LogP contribution in [0.2, 0.25) is 0 Å². The van der Waals surface area contributed by atoms with E-state index in [2.05, 4.69) is 6.92 Å². The zero-order valence-electron chi connectivity index (χ0n) is 15.3. The molecule has 1 aromatic rings. The van der Waals surface area contributed by atoms with Crippen LogP contribution in [0.5, 0.6) is 11.5 Å². The number of ether oxygens (including phenoxy) is 2. The summed E-state index contributed by atoms with van der Waals surface area (Å²) >= 11 is 0. The zero-order chi connectivity index (χ0) is 18.7. The SMILES string of the molecule is CCC1CCCCN1C(=O)CN(Cc1ccc2c(c1)OCO2)S(C)(=O)=O. The fourth-order valence-electron chi connectivity index (χ4n) is 3.53. The number of hydrogen-bond donors (Lipinski definition) is 0. The van der Waals surface area contributed by atoms with Crippen molar-refractivity contribution in [3.05, 3.63) is 23.8 Å². The quantitative estimate of drug-likeness (QED) is 0.752. The Morgan fingerprint density at radius 2 is 2.04 bits per heavy atom. The van der Waals surface area contributed by atoms with Gasteiger partial charge in [-0.15, -0.1) is 0 Å². The molecular weight excluding hydrogens is 356 g/mol. The van der Waals surface area contributed by atoms with Crippen LogP contribution in [-0.4, -0.2) is 55.7 Å². The Kier molecular flexibility index (Phi) is 5.72. The lowest BCUT2D eigenvalue weighted by molar-refractivity contribution is -0.135. The monoisotopic (exact) mass is 382 g/mol. The van der Waals surface area contributed by atoms with Crippen LogP contribution in [0.4, 0.5) is 0 Å². The Labute approximate surface area is 154 Å². The molecule has 26 heavy (non-hydrogen) atoms. The summed E-state index contributed by atoms with van der Waals surface area (Å²) in [7, 11) is -3.52. The molecule has 1 saturated heterocycles. The third-order valence-electron chi connectivity index (χ3n) is 5.00. The van der Waals surface area contributed by atoms with Gasteiger partial charge in [0.2, 0.25) is 22.7 Å². The number of amides is 1. The average molecular weight is 382 g/mol. The van der Waals surface area contributed by atoms with Crippen molar-refractivity contribution in [2.75, 3.05) is 26.1 Å². The highest BCUT2D eigenvalue weighted by Gasteiger charge is 2.29. The van der Waals surface area contributed by atoms with E-state index >= 15 is 0 Å². The van der Waals surface area contributed by atoms with E-state index in [-0.39, 0.29) is 31.8 Å². The lowest BCUT2D eigenvalue weighted by Crippen LogP contribution is -2.48. The van der Waals surface area contributed by atoms with E-state index in [4.69, 9.17) is 9.47 Å². The molecule has 0 N–H and O–H groups in total. The van der Waals surface area contributed by atoms with Crippen LogP contribution in [0.1, 0.15) is 38.2 Å². The van der Waals surface area contributed by atoms with Crippen LogP contribution < -0.4 is 9.47 Å². The molecular formula is C18H26N2O5S. The molecule has 1 amide bonds. The van der Waals surface area contributed by atoms with E-state index in [1.165, 1.54) is 4.31 Å². The summed E-state index contributed by atoms with van der Waals surface area (Å²) in [4.78, 5) is 14.6. The van der Waals surface area contributed by atoms with Gasteiger partial charge in [-0.1, -0.05) is 13.0 Å². The standard InChI is InChI=1S/C18H26N2O5S/c1-3-15-6-4-5-9-20(15)18(21)12-19(26(2,22)23)11-14-7-8-16-17(10-14)25-13-24-16/h7-8,10,15H,3-6,9,11-13H2,1-2H3. The first kappa shape index (κ1) is 19.0. The number of hydrogen-bond acceptors (Lipinski definition) is 5. The molecule has 0 aliphatic carbocycles. The minimum absolute atomic E-state index is 0.122. The maximum absolute atomic E-state index is 12.8. The van der Waals surface area contributed by atoms with Crippen LogP contribution in [0.15, 0.2) is 18.2 Å². The van der Waals surface area contributed by atoms with Crippen molar-refractivity contribution in [1.82, 2.24) is 9.21 Å². The third kappa shape index (κ3) is 4.29. The topological polar surface area (TPSA) is 76.2 Å². The van der Waals surface area contributed by atoms with E-state index < -0.39 is 10.0 Å². The summed E-state index contributed by atoms with van der Waals surface area (Å²) in [6.45, 7) is 2.94. The molecule has 1 fully saturated rings. The number of likely N-dealkylation sites (tertiary alicyclic amines) is 1. The van der Waals surface area contributed by atoms with Gasteiger partial charge in [-0.05, 0) is 43.4 Å². The number of piperidine rings is 1. The number of fused-ring (bicyclic) bond motifs is 1. The van der Waals surface area contributed by atoms with Gasteiger partial charge in [-0.25, -0.2) is 8.42 Å². The molecule has 1 unspecified atom stereocenters. The van der Waals surface area contributed by atoms with Gasteiger partial charge < -0.3 is 14.4 Å². The smallest absolute Gasteiger partial charge is 0.238 e. The summed E-state index contributed by atoms with van der Waals surface area (Å²) in [5, 5.41) is 0. The van der Waals surface area contributed by atoms with Gasteiger partial charge >= 0.3 is 0 Å². The van der Waals surface area contributed by atoms with Gasteiger partial charge in [-0.3, -0.25) is 4.79 Å². The molecule has 0 spiro atoms. The summed E-state index contributed by atoms with van der Waals surface area (Å²) in [6, 6.07) is 5.54. The molecule has 7 nitrogen and oxygen atoms in total. The average Bonchev–Trinajstić information content (AvgIpc) is 3.08. The van der Waals surface area contributed by atoms with Crippen LogP contribution in [0.25, 0.3) is 0 Å². The Bertz CT molecular complexity index is 765. The largest absolute Gasteiger partial charge is 0.454 e. The Hall–Kier alpha value is -1.80. The first-order valence-electron chi connectivity index (χ1n) is 9.01. The van der Waals surface area contributed by atoms with E-state index in [1.807, 2.05) is 4.90 Å². The normalized spacial score (nSPS) is 19.8. The molecule has 2 aliphatic rings. The number of sulfonamides is 1. The van der Waals surface area contributed by atoms with Gasteiger partial charge in [0.15, 0.2) is 11.5 Å². The van der Waals surface area contributed by atoms with Crippen LogP contribution in [0.3, 0.4) is 0 Å². The van der Waals surface area contributed by atoms with Crippen LogP contribution >= 0.6 is 0 Å². The summed E-state index contributed by atoms with van der Waals surface area (Å²) in [5.41, 5.74) is 0.762. The minimum Gasteiger partial charge on any atom is -0.454 e. The molecule has 1 aromatic carbocycles. The first-order valence-corrected chi connectivity index (χ1v) is 10.9. The van der Waals surface area contributed by atoms with Gasteiger partial charge in [-0.2, -0.15) is 4.31 Å². The van der Waals surface area contributed by atoms with Gasteiger partial charge in [0.05, 0.1) is 12.8 Å². The van der Waals surface area contributed by atoms with E-state index in [9.17, 15) is 13.2 Å². The third-order valence-corrected chi connectivity index (χ3v) is 6.19. The molecule has 2 aliphatic heterocycles. The highest BCUT2D eigenvalue weighted by Crippen LogP contribution is 2.33. The molecule has 8 heteroatoms. The molecule has 0 radical (unpaired) electrons. The maximum atomic E-state index is 12.8. The fourth-order valence-corrected chi connectivity index (χ4v) is 4.26. The predicted molar refractivity (Wildman–Crippen MR) is 97.5 cm³/mol. The number of carbonyl (C=O) groups is 1. The molecule has 0 bridgehead atoms. The number of benzene rings is 1. The predicted octanol–water partition coefficient (Wildman–Crippen LogP) is 1.97. The molecule has 1 atom stereocenters. The fraction of sp³-hybridized carbons (Fsp3) is 0.611. The lowest BCUT2D eigenvalue weighted by Gasteiger charge is -2.36. The van der Waals surface area contributed by atoms with Crippen molar-refractivity contribution in [3.63, 3.8) is 0 Å². The van der Waals surface area contributed by atoms with Crippen molar-refractivity contribution >= 4 is 15.9 Å². The van der Waals surface area contributed by atoms with Gasteiger partial charge in [0, 0.05) is 19.1 Å². The molecule has 0 saturated carbocycles. The summed E-state index contributed by atoms with van der Waals surface area (Å²) < 4.78 is 36.3. The summed E-state index contributed by atoms with van der Waals surface area (Å²) in [6.07, 6.45) is 5.12. The van der Waals surface area contributed by atoms with Gasteiger partial charge in [0.1, 0.15) is 0 Å². The second kappa shape index (κ2) is 7.84. The van der Waals surface area contributed by atoms with Crippen molar-refractivity contribution in [1.29, 1.82) is 0 Å². The van der Waals surface area contributed by atoms with E-state index in [0.29, 0.717) is 18.0 Å². The molecule has 3 rings (SSSR count). The van der Waals surface area contributed by atoms with Crippen LogP contribution in [0, 0.1) is 0 Å². The van der Waals surface area contributed by atoms with Gasteiger partial charge in [0.25, 0.3) is 0 Å². The zero-order valence-corrected chi connectivity index (χ0v) is 16.1. The number of rotatable bonds is 6. The van der Waals surface area contributed by atoms with Crippen molar-refractivity contribution < 1.29 is 22.7 Å². The Morgan fingerprint density at radius 1 is 1.27 bits per heavy atom.